The molecule has 2 N–H and O–H groups in total. The Balaban J connectivity index is 1.77. The summed E-state index contributed by atoms with van der Waals surface area (Å²) in [6.07, 6.45) is 1.77. The largest absolute Gasteiger partial charge is 0.455 e. The minimum atomic E-state index is 0.581. The fourth-order valence-corrected chi connectivity index (χ4v) is 3.14. The third-order valence-electron chi connectivity index (χ3n) is 2.90. The summed E-state index contributed by atoms with van der Waals surface area (Å²) in [5.41, 5.74) is 0.936. The Morgan fingerprint density at radius 2 is 2.00 bits per heavy atom. The van der Waals surface area contributed by atoms with Gasteiger partial charge in [0.25, 0.3) is 0 Å². The van der Waals surface area contributed by atoms with Crippen molar-refractivity contribution in [3.63, 3.8) is 0 Å². The molecule has 106 valence electrons. The molecule has 21 heavy (non-hydrogen) atoms. The van der Waals surface area contributed by atoms with E-state index in [1.807, 2.05) is 36.4 Å². The number of hydrogen-bond acceptors (Lipinski definition) is 3. The summed E-state index contributed by atoms with van der Waals surface area (Å²) in [5, 5.41) is 6.78. The van der Waals surface area contributed by atoms with E-state index in [1.165, 1.54) is 0 Å². The minimum absolute atomic E-state index is 0.581. The molecule has 0 amide bonds. The molecule has 3 rings (SSSR count). The topological polar surface area (TPSA) is 33.3 Å². The van der Waals surface area contributed by atoms with Gasteiger partial charge in [0.15, 0.2) is 5.11 Å². The summed E-state index contributed by atoms with van der Waals surface area (Å²) < 4.78 is 5.89. The van der Waals surface area contributed by atoms with Gasteiger partial charge in [-0.3, -0.25) is 0 Å². The van der Waals surface area contributed by atoms with Gasteiger partial charge in [0.2, 0.25) is 0 Å². The van der Waals surface area contributed by atoms with Crippen LogP contribution in [0, 0.1) is 0 Å². The molecule has 0 aromatic heterocycles. The lowest BCUT2D eigenvalue weighted by Crippen LogP contribution is -2.28. The zero-order valence-corrected chi connectivity index (χ0v) is 12.9. The summed E-state index contributed by atoms with van der Waals surface area (Å²) in [7, 11) is 0. The lowest BCUT2D eigenvalue weighted by Gasteiger charge is -2.20. The average molecular weight is 314 g/mol. The first-order chi connectivity index (χ1) is 10.3. The maximum absolute atomic E-state index is 5.89. The van der Waals surface area contributed by atoms with Crippen molar-refractivity contribution in [3.05, 3.63) is 55.1 Å². The Kier molecular flexibility index (Phi) is 4.13. The molecule has 2 aromatic carbocycles. The van der Waals surface area contributed by atoms with Crippen LogP contribution in [-0.2, 0) is 0 Å². The van der Waals surface area contributed by atoms with Crippen LogP contribution < -0.4 is 15.4 Å². The van der Waals surface area contributed by atoms with Crippen molar-refractivity contribution in [1.29, 1.82) is 0 Å². The quantitative estimate of drug-likeness (QED) is 0.552. The standard InChI is InChI=1S/C16H14N2OS2/c1-2-9-17-16(20)18-11-7-8-13-15(10-11)21-14-6-4-3-5-12(14)19-13/h2-8,10H,1,9H2,(H2,17,18,20). The second-order valence-electron chi connectivity index (χ2n) is 4.44. The van der Waals surface area contributed by atoms with Gasteiger partial charge in [-0.2, -0.15) is 0 Å². The van der Waals surface area contributed by atoms with E-state index in [2.05, 4.69) is 23.3 Å². The molecule has 0 fully saturated rings. The number of para-hydroxylation sites is 1. The predicted molar refractivity (Wildman–Crippen MR) is 91.5 cm³/mol. The number of fused-ring (bicyclic) bond motifs is 2. The first-order valence-electron chi connectivity index (χ1n) is 6.51. The van der Waals surface area contributed by atoms with Crippen molar-refractivity contribution in [2.45, 2.75) is 9.79 Å². The lowest BCUT2D eigenvalue weighted by molar-refractivity contribution is 0.454. The maximum atomic E-state index is 5.89. The highest BCUT2D eigenvalue weighted by atomic mass is 32.2. The minimum Gasteiger partial charge on any atom is -0.455 e. The van der Waals surface area contributed by atoms with Crippen LogP contribution in [0.1, 0.15) is 0 Å². The van der Waals surface area contributed by atoms with Gasteiger partial charge in [-0.15, -0.1) is 6.58 Å². The zero-order valence-electron chi connectivity index (χ0n) is 11.3. The van der Waals surface area contributed by atoms with E-state index < -0.39 is 0 Å². The molecule has 2 aromatic rings. The highest BCUT2D eigenvalue weighted by Gasteiger charge is 2.17. The molecule has 0 spiro atoms. The SMILES string of the molecule is C=CCNC(=S)Nc1ccc2c(c1)Sc1ccccc1O2. The summed E-state index contributed by atoms with van der Waals surface area (Å²) in [6.45, 7) is 4.29. The molecule has 0 radical (unpaired) electrons. The van der Waals surface area contributed by atoms with E-state index in [0.29, 0.717) is 11.7 Å². The first kappa shape index (κ1) is 14.0. The van der Waals surface area contributed by atoms with E-state index in [0.717, 1.165) is 27.0 Å². The Labute approximate surface area is 133 Å². The van der Waals surface area contributed by atoms with Crippen LogP contribution >= 0.6 is 24.0 Å². The Hall–Kier alpha value is -1.98. The smallest absolute Gasteiger partial charge is 0.171 e. The molecule has 3 nitrogen and oxygen atoms in total. The van der Waals surface area contributed by atoms with Gasteiger partial charge in [0.05, 0.1) is 9.79 Å². The zero-order chi connectivity index (χ0) is 14.7. The summed E-state index contributed by atoms with van der Waals surface area (Å²) in [6, 6.07) is 14.0. The van der Waals surface area contributed by atoms with E-state index in [9.17, 15) is 0 Å². The number of thiocarbonyl (C=S) groups is 1. The van der Waals surface area contributed by atoms with Gasteiger partial charge >= 0.3 is 0 Å². The van der Waals surface area contributed by atoms with Crippen molar-refractivity contribution in [2.24, 2.45) is 0 Å². The van der Waals surface area contributed by atoms with Crippen LogP contribution in [0.2, 0.25) is 0 Å². The number of nitrogens with one attached hydrogen (secondary N) is 2. The third-order valence-corrected chi connectivity index (χ3v) is 4.24. The molecule has 0 atom stereocenters. The third kappa shape index (κ3) is 3.20. The predicted octanol–water partition coefficient (Wildman–Crippen LogP) is 4.42. The number of ether oxygens (including phenoxy) is 1. The van der Waals surface area contributed by atoms with Gasteiger partial charge in [0.1, 0.15) is 11.5 Å². The van der Waals surface area contributed by atoms with E-state index in [4.69, 9.17) is 17.0 Å². The maximum Gasteiger partial charge on any atom is 0.171 e. The molecule has 0 bridgehead atoms. The van der Waals surface area contributed by atoms with Gasteiger partial charge in [0, 0.05) is 12.2 Å². The molecular weight excluding hydrogens is 300 g/mol. The van der Waals surface area contributed by atoms with Gasteiger partial charge in [-0.05, 0) is 42.5 Å². The Morgan fingerprint density at radius 1 is 1.19 bits per heavy atom. The normalized spacial score (nSPS) is 11.6. The summed E-state index contributed by atoms with van der Waals surface area (Å²) in [5.74, 6) is 1.77. The first-order valence-corrected chi connectivity index (χ1v) is 7.73. The van der Waals surface area contributed by atoms with E-state index in [-0.39, 0.29) is 0 Å². The molecule has 1 aliphatic rings. The summed E-state index contributed by atoms with van der Waals surface area (Å²) in [4.78, 5) is 2.19. The molecule has 0 saturated carbocycles. The number of hydrogen-bond donors (Lipinski definition) is 2. The van der Waals surface area contributed by atoms with Crippen molar-refractivity contribution in [1.82, 2.24) is 5.32 Å². The molecular formula is C16H14N2OS2. The highest BCUT2D eigenvalue weighted by molar-refractivity contribution is 7.99. The van der Waals surface area contributed by atoms with Crippen molar-refractivity contribution in [2.75, 3.05) is 11.9 Å². The second kappa shape index (κ2) is 6.20. The molecule has 1 heterocycles. The van der Waals surface area contributed by atoms with Gasteiger partial charge in [-0.25, -0.2) is 0 Å². The number of benzene rings is 2. The fourth-order valence-electron chi connectivity index (χ4n) is 1.95. The number of anilines is 1. The van der Waals surface area contributed by atoms with Crippen molar-refractivity contribution >= 4 is 34.8 Å². The molecule has 0 saturated heterocycles. The summed E-state index contributed by atoms with van der Waals surface area (Å²) >= 11 is 6.91. The lowest BCUT2D eigenvalue weighted by atomic mass is 10.3. The molecule has 0 aliphatic carbocycles. The highest BCUT2D eigenvalue weighted by Crippen LogP contribution is 2.47. The van der Waals surface area contributed by atoms with Crippen LogP contribution in [0.25, 0.3) is 0 Å². The second-order valence-corrected chi connectivity index (χ2v) is 5.93. The van der Waals surface area contributed by atoms with Crippen molar-refractivity contribution < 1.29 is 4.74 Å². The van der Waals surface area contributed by atoms with Crippen molar-refractivity contribution in [3.8, 4) is 11.5 Å². The van der Waals surface area contributed by atoms with Crippen LogP contribution in [-0.4, -0.2) is 11.7 Å². The Bertz CT molecular complexity index is 700. The Morgan fingerprint density at radius 3 is 2.86 bits per heavy atom. The fraction of sp³-hybridized carbons (Fsp3) is 0.0625. The van der Waals surface area contributed by atoms with Gasteiger partial charge in [-0.1, -0.05) is 30.0 Å². The average Bonchev–Trinajstić information content (AvgIpc) is 2.51. The van der Waals surface area contributed by atoms with E-state index >= 15 is 0 Å². The van der Waals surface area contributed by atoms with E-state index in [1.54, 1.807) is 17.8 Å². The molecule has 1 aliphatic heterocycles. The van der Waals surface area contributed by atoms with Gasteiger partial charge < -0.3 is 15.4 Å². The van der Waals surface area contributed by atoms with Crippen LogP contribution in [0.3, 0.4) is 0 Å². The monoisotopic (exact) mass is 314 g/mol. The van der Waals surface area contributed by atoms with Crippen LogP contribution in [0.4, 0.5) is 5.69 Å². The van der Waals surface area contributed by atoms with Crippen LogP contribution in [0.5, 0.6) is 11.5 Å². The molecule has 5 heteroatoms. The number of rotatable bonds is 3. The van der Waals surface area contributed by atoms with Crippen LogP contribution in [0.15, 0.2) is 64.9 Å². The molecule has 0 unspecified atom stereocenters.